The smallest absolute Gasteiger partial charge is 0.249 e. The number of amides is 1. The Morgan fingerprint density at radius 3 is 2.54 bits per heavy atom. The molecule has 24 heavy (non-hydrogen) atoms. The Balaban J connectivity index is 2.24. The number of nitrogens with zero attached hydrogens (tertiary/aromatic N) is 1. The van der Waals surface area contributed by atoms with Crippen molar-refractivity contribution in [1.29, 1.82) is 0 Å². The molecule has 1 heterocycles. The molecule has 0 saturated carbocycles. The van der Waals surface area contributed by atoms with Crippen molar-refractivity contribution in [3.05, 3.63) is 34.9 Å². The summed E-state index contributed by atoms with van der Waals surface area (Å²) in [6, 6.07) is 7.32. The standard InChI is InChI=1S/C18H26ClNO3S/c1-4-13(3)24(22)12-16(5-2)20-17(10-23-11-18(20)21)14-6-8-15(19)9-7-14/h6-9,13,16-17H,4-5,10-12H2,1-3H3. The Morgan fingerprint density at radius 2 is 1.96 bits per heavy atom. The highest BCUT2D eigenvalue weighted by molar-refractivity contribution is 7.85. The monoisotopic (exact) mass is 371 g/mol. The molecule has 4 nitrogen and oxygen atoms in total. The lowest BCUT2D eigenvalue weighted by atomic mass is 10.0. The number of hydrogen-bond donors (Lipinski definition) is 0. The summed E-state index contributed by atoms with van der Waals surface area (Å²) in [7, 11) is -0.942. The van der Waals surface area contributed by atoms with Gasteiger partial charge in [0.2, 0.25) is 5.91 Å². The minimum absolute atomic E-state index is 0.0331. The number of hydrogen-bond acceptors (Lipinski definition) is 3. The Labute approximate surface area is 152 Å². The van der Waals surface area contributed by atoms with E-state index in [2.05, 4.69) is 0 Å². The number of carbonyl (C=O) groups excluding carboxylic acids is 1. The van der Waals surface area contributed by atoms with Crippen LogP contribution in [0.15, 0.2) is 24.3 Å². The van der Waals surface area contributed by atoms with Gasteiger partial charge in [0.25, 0.3) is 0 Å². The predicted octanol–water partition coefficient (Wildman–Crippen LogP) is 3.57. The maximum Gasteiger partial charge on any atom is 0.249 e. The normalized spacial score (nSPS) is 22.2. The molecule has 1 saturated heterocycles. The van der Waals surface area contributed by atoms with Crippen molar-refractivity contribution in [3.63, 3.8) is 0 Å². The second-order valence-corrected chi connectivity index (χ2v) is 8.55. The lowest BCUT2D eigenvalue weighted by molar-refractivity contribution is -0.151. The lowest BCUT2D eigenvalue weighted by Gasteiger charge is -2.41. The summed E-state index contributed by atoms with van der Waals surface area (Å²) in [5.41, 5.74) is 1.00. The van der Waals surface area contributed by atoms with Crippen LogP contribution in [0.1, 0.15) is 45.2 Å². The van der Waals surface area contributed by atoms with Gasteiger partial charge in [-0.3, -0.25) is 9.00 Å². The maximum absolute atomic E-state index is 12.5. The van der Waals surface area contributed by atoms with Gasteiger partial charge in [-0.2, -0.15) is 0 Å². The van der Waals surface area contributed by atoms with E-state index in [0.717, 1.165) is 18.4 Å². The van der Waals surface area contributed by atoms with Gasteiger partial charge in [-0.1, -0.05) is 44.5 Å². The zero-order valence-electron chi connectivity index (χ0n) is 14.5. The van der Waals surface area contributed by atoms with Crippen LogP contribution in [0.2, 0.25) is 5.02 Å². The lowest BCUT2D eigenvalue weighted by Crippen LogP contribution is -2.51. The van der Waals surface area contributed by atoms with E-state index in [1.165, 1.54) is 0 Å². The molecule has 0 spiro atoms. The highest BCUT2D eigenvalue weighted by Crippen LogP contribution is 2.29. The summed E-state index contributed by atoms with van der Waals surface area (Å²) in [5.74, 6) is 0.482. The molecule has 0 bridgehead atoms. The first-order valence-electron chi connectivity index (χ1n) is 8.49. The van der Waals surface area contributed by atoms with Crippen LogP contribution < -0.4 is 0 Å². The molecule has 0 aromatic heterocycles. The zero-order valence-corrected chi connectivity index (χ0v) is 16.1. The van der Waals surface area contributed by atoms with Crippen LogP contribution >= 0.6 is 11.6 Å². The fraction of sp³-hybridized carbons (Fsp3) is 0.611. The topological polar surface area (TPSA) is 46.6 Å². The van der Waals surface area contributed by atoms with E-state index >= 15 is 0 Å². The van der Waals surface area contributed by atoms with Gasteiger partial charge in [0, 0.05) is 32.9 Å². The summed E-state index contributed by atoms with van der Waals surface area (Å²) in [6.45, 7) is 6.64. The number of halogens is 1. The average molecular weight is 372 g/mol. The highest BCUT2D eigenvalue weighted by atomic mass is 35.5. The van der Waals surface area contributed by atoms with Crippen LogP contribution in [0.3, 0.4) is 0 Å². The quantitative estimate of drug-likeness (QED) is 0.736. The molecule has 1 aromatic rings. The third-order valence-electron chi connectivity index (χ3n) is 4.62. The van der Waals surface area contributed by atoms with Crippen LogP contribution in [0.25, 0.3) is 0 Å². The van der Waals surface area contributed by atoms with Gasteiger partial charge in [-0.05, 0) is 30.5 Å². The van der Waals surface area contributed by atoms with Gasteiger partial charge < -0.3 is 9.64 Å². The van der Waals surface area contributed by atoms with Crippen LogP contribution in [0, 0.1) is 0 Å². The van der Waals surface area contributed by atoms with E-state index in [0.29, 0.717) is 17.4 Å². The molecule has 1 aliphatic heterocycles. The Morgan fingerprint density at radius 1 is 1.29 bits per heavy atom. The van der Waals surface area contributed by atoms with Crippen molar-refractivity contribution in [2.24, 2.45) is 0 Å². The van der Waals surface area contributed by atoms with Crippen LogP contribution in [-0.2, 0) is 20.3 Å². The summed E-state index contributed by atoms with van der Waals surface area (Å²) in [6.07, 6.45) is 1.65. The molecular weight excluding hydrogens is 346 g/mol. The van der Waals surface area contributed by atoms with Crippen molar-refractivity contribution >= 4 is 28.3 Å². The molecule has 4 unspecified atom stereocenters. The largest absolute Gasteiger partial charge is 0.369 e. The molecule has 1 fully saturated rings. The second-order valence-electron chi connectivity index (χ2n) is 6.21. The third-order valence-corrected chi connectivity index (χ3v) is 6.82. The van der Waals surface area contributed by atoms with Crippen LogP contribution in [0.4, 0.5) is 0 Å². The Hall–Kier alpha value is -0.910. The molecule has 6 heteroatoms. The fourth-order valence-electron chi connectivity index (χ4n) is 2.92. The summed E-state index contributed by atoms with van der Waals surface area (Å²) < 4.78 is 18.0. The van der Waals surface area contributed by atoms with E-state index < -0.39 is 10.8 Å². The summed E-state index contributed by atoms with van der Waals surface area (Å²) in [4.78, 5) is 14.4. The first kappa shape index (κ1) is 19.4. The molecule has 1 aromatic carbocycles. The number of ether oxygens (including phenoxy) is 1. The fourth-order valence-corrected chi connectivity index (χ4v) is 4.52. The van der Waals surface area contributed by atoms with E-state index in [9.17, 15) is 9.00 Å². The van der Waals surface area contributed by atoms with Crippen molar-refractivity contribution in [2.45, 2.75) is 50.9 Å². The molecule has 0 radical (unpaired) electrons. The van der Waals surface area contributed by atoms with Crippen molar-refractivity contribution < 1.29 is 13.7 Å². The van der Waals surface area contributed by atoms with Crippen LogP contribution in [-0.4, -0.2) is 45.3 Å². The van der Waals surface area contributed by atoms with Gasteiger partial charge in [-0.25, -0.2) is 0 Å². The first-order valence-corrected chi connectivity index (χ1v) is 10.2. The minimum Gasteiger partial charge on any atom is -0.369 e. The van der Waals surface area contributed by atoms with Gasteiger partial charge in [-0.15, -0.1) is 0 Å². The molecule has 4 atom stereocenters. The van der Waals surface area contributed by atoms with Gasteiger partial charge in [0.05, 0.1) is 12.6 Å². The Bertz CT molecular complexity index is 578. The molecule has 134 valence electrons. The van der Waals surface area contributed by atoms with E-state index in [4.69, 9.17) is 16.3 Å². The average Bonchev–Trinajstić information content (AvgIpc) is 2.59. The molecule has 0 N–H and O–H groups in total. The van der Waals surface area contributed by atoms with Crippen molar-refractivity contribution in [1.82, 2.24) is 4.90 Å². The van der Waals surface area contributed by atoms with E-state index in [1.807, 2.05) is 49.9 Å². The number of morpholine rings is 1. The predicted molar refractivity (Wildman–Crippen MR) is 98.7 cm³/mol. The summed E-state index contributed by atoms with van der Waals surface area (Å²) >= 11 is 5.97. The zero-order chi connectivity index (χ0) is 17.7. The van der Waals surface area contributed by atoms with Gasteiger partial charge >= 0.3 is 0 Å². The van der Waals surface area contributed by atoms with E-state index in [1.54, 1.807) is 0 Å². The number of rotatable bonds is 7. The van der Waals surface area contributed by atoms with Crippen molar-refractivity contribution in [3.8, 4) is 0 Å². The van der Waals surface area contributed by atoms with E-state index in [-0.39, 0.29) is 29.8 Å². The first-order chi connectivity index (χ1) is 11.5. The molecule has 1 amide bonds. The Kier molecular flexibility index (Phi) is 7.26. The molecule has 1 aliphatic rings. The van der Waals surface area contributed by atoms with Crippen LogP contribution in [0.5, 0.6) is 0 Å². The summed E-state index contributed by atoms with van der Waals surface area (Å²) in [5, 5.41) is 0.808. The maximum atomic E-state index is 12.5. The second kappa shape index (κ2) is 8.97. The highest BCUT2D eigenvalue weighted by Gasteiger charge is 2.35. The molecular formula is C18H26ClNO3S. The molecule has 0 aliphatic carbocycles. The van der Waals surface area contributed by atoms with Crippen molar-refractivity contribution in [2.75, 3.05) is 19.0 Å². The SMILES string of the molecule is CCC(CS(=O)C(C)CC)N1C(=O)COCC1c1ccc(Cl)cc1. The van der Waals surface area contributed by atoms with Gasteiger partial charge in [0.15, 0.2) is 0 Å². The number of carbonyl (C=O) groups is 1. The molecule has 2 rings (SSSR count). The third kappa shape index (κ3) is 4.58. The number of benzene rings is 1. The van der Waals surface area contributed by atoms with Gasteiger partial charge in [0.1, 0.15) is 6.61 Å². The minimum atomic E-state index is -0.942.